The van der Waals surface area contributed by atoms with Crippen LogP contribution < -0.4 is 5.32 Å². The summed E-state index contributed by atoms with van der Waals surface area (Å²) < 4.78 is 10.7. The van der Waals surface area contributed by atoms with Crippen molar-refractivity contribution >= 4 is 28.8 Å². The number of esters is 1. The van der Waals surface area contributed by atoms with Gasteiger partial charge in [-0.05, 0) is 30.2 Å². The fourth-order valence-corrected chi connectivity index (χ4v) is 5.06. The van der Waals surface area contributed by atoms with E-state index in [1.54, 1.807) is 0 Å². The minimum absolute atomic E-state index is 0.0692. The number of fused-ring (bicyclic) bond motifs is 1. The van der Waals surface area contributed by atoms with Gasteiger partial charge in [-0.2, -0.15) is 0 Å². The van der Waals surface area contributed by atoms with E-state index in [-0.39, 0.29) is 24.5 Å². The predicted molar refractivity (Wildman–Crippen MR) is 120 cm³/mol. The third-order valence-corrected chi connectivity index (χ3v) is 6.53. The van der Waals surface area contributed by atoms with Gasteiger partial charge in [-0.3, -0.25) is 4.79 Å². The lowest BCUT2D eigenvalue weighted by Gasteiger charge is -2.36. The molecule has 1 fully saturated rings. The molecule has 164 valence electrons. The molecule has 3 heterocycles. The van der Waals surface area contributed by atoms with E-state index in [2.05, 4.69) is 5.32 Å². The van der Waals surface area contributed by atoms with E-state index in [1.165, 1.54) is 18.9 Å². The number of amidine groups is 1. The number of methoxy groups -OCH3 is 1. The summed E-state index contributed by atoms with van der Waals surface area (Å²) in [6.45, 7) is 3.26. The van der Waals surface area contributed by atoms with Crippen LogP contribution in [-0.2, 0) is 19.1 Å². The molecule has 0 bridgehead atoms. The number of carbonyl (C=O) groups is 2. The Morgan fingerprint density at radius 1 is 1.32 bits per heavy atom. The molecule has 2 atom stereocenters. The number of thioether (sulfide) groups is 1. The summed E-state index contributed by atoms with van der Waals surface area (Å²) in [5.41, 5.74) is 3.01. The molecule has 4 rings (SSSR count). The standard InChI is InChI=1S/C23H27N3O4S/c1-3-18-20(22(28)29-2)21(15-8-5-4-6-9-15)26-16(14-31-23(26)25-18)12-19(27)24-13-17-10-7-11-30-17/h4-6,8-9,14,17,21H,3,7,10-13H2,1-2H3,(H,24,27)/t17-,21+/m0/s1. The zero-order valence-corrected chi connectivity index (χ0v) is 18.6. The van der Waals surface area contributed by atoms with Crippen molar-refractivity contribution in [3.05, 3.63) is 58.3 Å². The second-order valence-corrected chi connectivity index (χ2v) is 8.46. The van der Waals surface area contributed by atoms with Gasteiger partial charge >= 0.3 is 5.97 Å². The third kappa shape index (κ3) is 4.55. The van der Waals surface area contributed by atoms with Crippen LogP contribution in [0.5, 0.6) is 0 Å². The minimum Gasteiger partial charge on any atom is -0.466 e. The Hall–Kier alpha value is -2.58. The molecule has 0 spiro atoms. The molecule has 3 aliphatic rings. The highest BCUT2D eigenvalue weighted by molar-refractivity contribution is 8.16. The van der Waals surface area contributed by atoms with Gasteiger partial charge in [-0.1, -0.05) is 49.0 Å². The van der Waals surface area contributed by atoms with Gasteiger partial charge in [-0.25, -0.2) is 9.79 Å². The first-order valence-corrected chi connectivity index (χ1v) is 11.5. The topological polar surface area (TPSA) is 80.2 Å². The van der Waals surface area contributed by atoms with Gasteiger partial charge in [0.15, 0.2) is 5.17 Å². The smallest absolute Gasteiger partial charge is 0.338 e. The van der Waals surface area contributed by atoms with Crippen LogP contribution in [-0.4, -0.2) is 48.3 Å². The highest BCUT2D eigenvalue weighted by Crippen LogP contribution is 2.45. The average molecular weight is 442 g/mol. The Labute approximate surface area is 186 Å². The van der Waals surface area contributed by atoms with Gasteiger partial charge < -0.3 is 19.7 Å². The predicted octanol–water partition coefficient (Wildman–Crippen LogP) is 3.51. The maximum Gasteiger partial charge on any atom is 0.338 e. The average Bonchev–Trinajstić information content (AvgIpc) is 3.46. The zero-order valence-electron chi connectivity index (χ0n) is 17.8. The zero-order chi connectivity index (χ0) is 21.8. The Balaban J connectivity index is 1.60. The number of nitrogens with one attached hydrogen (secondary N) is 1. The van der Waals surface area contributed by atoms with Gasteiger partial charge in [0.25, 0.3) is 0 Å². The van der Waals surface area contributed by atoms with Gasteiger partial charge in [0, 0.05) is 18.8 Å². The number of allylic oxidation sites excluding steroid dienone is 1. The summed E-state index contributed by atoms with van der Waals surface area (Å²) in [6.07, 6.45) is 2.93. The van der Waals surface area contributed by atoms with Crippen LogP contribution in [0.25, 0.3) is 0 Å². The summed E-state index contributed by atoms with van der Waals surface area (Å²) in [6, 6.07) is 9.43. The summed E-state index contributed by atoms with van der Waals surface area (Å²) in [5, 5.41) is 5.71. The minimum atomic E-state index is -0.396. The number of aliphatic imine (C=N–C) groups is 1. The first-order valence-electron chi connectivity index (χ1n) is 10.6. The molecule has 0 radical (unpaired) electrons. The number of nitrogens with zero attached hydrogens (tertiary/aromatic N) is 2. The Morgan fingerprint density at radius 2 is 2.13 bits per heavy atom. The molecule has 0 unspecified atom stereocenters. The van der Waals surface area contributed by atoms with Crippen molar-refractivity contribution in [3.8, 4) is 0 Å². The molecule has 7 nitrogen and oxygen atoms in total. The summed E-state index contributed by atoms with van der Waals surface area (Å²) in [7, 11) is 1.39. The molecular weight excluding hydrogens is 414 g/mol. The van der Waals surface area contributed by atoms with E-state index in [4.69, 9.17) is 14.5 Å². The van der Waals surface area contributed by atoms with E-state index in [9.17, 15) is 9.59 Å². The largest absolute Gasteiger partial charge is 0.466 e. The normalized spacial score (nSPS) is 22.7. The molecule has 0 saturated carbocycles. The van der Waals surface area contributed by atoms with E-state index in [0.29, 0.717) is 18.5 Å². The van der Waals surface area contributed by atoms with E-state index in [0.717, 1.165) is 41.6 Å². The summed E-state index contributed by atoms with van der Waals surface area (Å²) >= 11 is 1.48. The SMILES string of the molecule is CCC1=C(C(=O)OC)[C@@H](c2ccccc2)N2C(CC(=O)NC[C@@H]3CCCO3)=CSC2=N1. The van der Waals surface area contributed by atoms with Gasteiger partial charge in [0.05, 0.1) is 36.9 Å². The number of amides is 1. The number of carbonyl (C=O) groups excluding carboxylic acids is 2. The van der Waals surface area contributed by atoms with Crippen molar-refractivity contribution in [2.45, 2.75) is 44.8 Å². The molecule has 1 aromatic rings. The van der Waals surface area contributed by atoms with Crippen LogP contribution in [0, 0.1) is 0 Å². The maximum absolute atomic E-state index is 12.8. The fourth-order valence-electron chi connectivity index (χ4n) is 4.12. The summed E-state index contributed by atoms with van der Waals surface area (Å²) in [5.74, 6) is -0.465. The maximum atomic E-state index is 12.8. The molecule has 3 aliphatic heterocycles. The summed E-state index contributed by atoms with van der Waals surface area (Å²) in [4.78, 5) is 32.2. The van der Waals surface area contributed by atoms with Crippen molar-refractivity contribution in [1.82, 2.24) is 10.2 Å². The second kappa shape index (κ2) is 9.70. The molecule has 1 saturated heterocycles. The van der Waals surface area contributed by atoms with Crippen LogP contribution >= 0.6 is 11.8 Å². The number of hydrogen-bond acceptors (Lipinski definition) is 7. The Bertz CT molecular complexity index is 935. The highest BCUT2D eigenvalue weighted by atomic mass is 32.2. The molecular formula is C23H27N3O4S. The van der Waals surface area contributed by atoms with Gasteiger partial charge in [0.2, 0.25) is 5.91 Å². The Kier molecular flexibility index (Phi) is 6.77. The van der Waals surface area contributed by atoms with Crippen LogP contribution in [0.4, 0.5) is 0 Å². The molecule has 1 aromatic carbocycles. The van der Waals surface area contributed by atoms with Crippen molar-refractivity contribution in [3.63, 3.8) is 0 Å². The quantitative estimate of drug-likeness (QED) is 0.653. The number of hydrogen-bond donors (Lipinski definition) is 1. The number of ether oxygens (including phenoxy) is 2. The molecule has 0 aliphatic carbocycles. The number of rotatable bonds is 7. The molecule has 1 amide bonds. The van der Waals surface area contributed by atoms with E-state index < -0.39 is 5.97 Å². The van der Waals surface area contributed by atoms with Crippen molar-refractivity contribution in [1.29, 1.82) is 0 Å². The lowest BCUT2D eigenvalue weighted by Crippen LogP contribution is -2.38. The first kappa shape index (κ1) is 21.6. The second-order valence-electron chi connectivity index (χ2n) is 7.63. The lowest BCUT2D eigenvalue weighted by atomic mass is 9.93. The third-order valence-electron chi connectivity index (χ3n) is 5.64. The van der Waals surface area contributed by atoms with Crippen LogP contribution in [0.15, 0.2) is 57.7 Å². The van der Waals surface area contributed by atoms with Crippen LogP contribution in [0.2, 0.25) is 0 Å². The van der Waals surface area contributed by atoms with Gasteiger partial charge in [-0.15, -0.1) is 0 Å². The monoisotopic (exact) mass is 441 g/mol. The fraction of sp³-hybridized carbons (Fsp3) is 0.435. The van der Waals surface area contributed by atoms with Crippen molar-refractivity contribution in [2.24, 2.45) is 4.99 Å². The molecule has 0 aromatic heterocycles. The molecule has 1 N–H and O–H groups in total. The number of benzene rings is 1. The highest BCUT2D eigenvalue weighted by Gasteiger charge is 2.41. The van der Waals surface area contributed by atoms with E-state index >= 15 is 0 Å². The lowest BCUT2D eigenvalue weighted by molar-refractivity contribution is -0.136. The van der Waals surface area contributed by atoms with Crippen LogP contribution in [0.1, 0.15) is 44.2 Å². The first-order chi connectivity index (χ1) is 15.1. The van der Waals surface area contributed by atoms with Crippen molar-refractivity contribution in [2.75, 3.05) is 20.3 Å². The van der Waals surface area contributed by atoms with E-state index in [1.807, 2.05) is 47.6 Å². The Morgan fingerprint density at radius 3 is 2.81 bits per heavy atom. The molecule has 8 heteroatoms. The van der Waals surface area contributed by atoms with Crippen LogP contribution in [0.3, 0.4) is 0 Å². The molecule has 31 heavy (non-hydrogen) atoms. The van der Waals surface area contributed by atoms with Gasteiger partial charge in [0.1, 0.15) is 0 Å². The van der Waals surface area contributed by atoms with Crippen molar-refractivity contribution < 1.29 is 19.1 Å².